The predicted octanol–water partition coefficient (Wildman–Crippen LogP) is 2.08. The molecule has 1 rings (SSSR count). The Hall–Kier alpha value is -1.07. The summed E-state index contributed by atoms with van der Waals surface area (Å²) in [5.41, 5.74) is 5.97. The Kier molecular flexibility index (Phi) is 5.44. The number of carbonyl (C=O) groups excluding carboxylic acids is 1. The molecule has 1 heterocycles. The van der Waals surface area contributed by atoms with Crippen LogP contribution in [0, 0.1) is 0 Å². The van der Waals surface area contributed by atoms with Crippen LogP contribution < -0.4 is 11.1 Å². The Labute approximate surface area is 110 Å². The molecule has 0 atom stereocenters. The topological polar surface area (TPSA) is 60.0 Å². The van der Waals surface area contributed by atoms with E-state index in [0.717, 1.165) is 4.47 Å². The van der Waals surface area contributed by atoms with Crippen molar-refractivity contribution in [1.29, 1.82) is 0 Å². The van der Waals surface area contributed by atoms with E-state index in [4.69, 9.17) is 5.73 Å². The summed E-state index contributed by atoms with van der Waals surface area (Å²) >= 11 is 3.38. The third-order valence-corrected chi connectivity index (χ3v) is 2.72. The van der Waals surface area contributed by atoms with Gasteiger partial charge < -0.3 is 15.6 Å². The Morgan fingerprint density at radius 1 is 1.59 bits per heavy atom. The van der Waals surface area contributed by atoms with Crippen LogP contribution in [0.25, 0.3) is 0 Å². The number of nitrogens with zero attached hydrogens (tertiary/aromatic N) is 1. The number of nitrogens with two attached hydrogens (primary N) is 1. The van der Waals surface area contributed by atoms with Crippen molar-refractivity contribution in [3.63, 3.8) is 0 Å². The monoisotopic (exact) mass is 299 g/mol. The van der Waals surface area contributed by atoms with Crippen LogP contribution in [0.1, 0.15) is 30.4 Å². The highest BCUT2D eigenvalue weighted by molar-refractivity contribution is 9.10. The van der Waals surface area contributed by atoms with Crippen LogP contribution in [0.5, 0.6) is 0 Å². The maximum absolute atomic E-state index is 11.9. The largest absolute Gasteiger partial charge is 0.347 e. The van der Waals surface area contributed by atoms with Crippen molar-refractivity contribution in [2.45, 2.75) is 19.9 Å². The highest BCUT2D eigenvalue weighted by Gasteiger charge is 2.13. The predicted molar refractivity (Wildman–Crippen MR) is 73.0 cm³/mol. The van der Waals surface area contributed by atoms with Gasteiger partial charge in [-0.25, -0.2) is 0 Å². The molecular weight excluding hydrogens is 282 g/mol. The SMILES string of the molecule is CC(C)n1cc(Br)cc1C(=O)NC/C=C/CN. The van der Waals surface area contributed by atoms with Crippen molar-refractivity contribution in [3.05, 3.63) is 34.6 Å². The van der Waals surface area contributed by atoms with Gasteiger partial charge in [0.1, 0.15) is 5.69 Å². The van der Waals surface area contributed by atoms with E-state index in [-0.39, 0.29) is 11.9 Å². The molecule has 4 nitrogen and oxygen atoms in total. The molecule has 0 bridgehead atoms. The van der Waals surface area contributed by atoms with Crippen LogP contribution in [0.15, 0.2) is 28.9 Å². The first-order chi connectivity index (χ1) is 8.06. The number of halogens is 1. The first-order valence-electron chi connectivity index (χ1n) is 5.57. The minimum absolute atomic E-state index is 0.0777. The molecule has 0 aliphatic heterocycles. The number of aromatic nitrogens is 1. The highest BCUT2D eigenvalue weighted by Crippen LogP contribution is 2.19. The number of carbonyl (C=O) groups is 1. The summed E-state index contributed by atoms with van der Waals surface area (Å²) < 4.78 is 2.85. The highest BCUT2D eigenvalue weighted by atomic mass is 79.9. The molecule has 5 heteroatoms. The molecular formula is C12H18BrN3O. The Morgan fingerprint density at radius 2 is 2.29 bits per heavy atom. The van der Waals surface area contributed by atoms with Crippen molar-refractivity contribution in [2.24, 2.45) is 5.73 Å². The van der Waals surface area contributed by atoms with Crippen molar-refractivity contribution < 1.29 is 4.79 Å². The van der Waals surface area contributed by atoms with E-state index in [2.05, 4.69) is 21.2 Å². The summed E-state index contributed by atoms with van der Waals surface area (Å²) in [7, 11) is 0. The van der Waals surface area contributed by atoms with Gasteiger partial charge in [-0.1, -0.05) is 12.2 Å². The molecule has 0 fully saturated rings. The minimum atomic E-state index is -0.0777. The van der Waals surface area contributed by atoms with Gasteiger partial charge in [-0.3, -0.25) is 4.79 Å². The van der Waals surface area contributed by atoms with E-state index in [1.165, 1.54) is 0 Å². The van der Waals surface area contributed by atoms with E-state index in [1.54, 1.807) is 0 Å². The first kappa shape index (κ1) is 14.0. The average molecular weight is 300 g/mol. The third kappa shape index (κ3) is 4.02. The van der Waals surface area contributed by atoms with Crippen LogP contribution in [-0.2, 0) is 0 Å². The van der Waals surface area contributed by atoms with Crippen LogP contribution in [-0.4, -0.2) is 23.6 Å². The van der Waals surface area contributed by atoms with Crippen LogP contribution in [0.2, 0.25) is 0 Å². The van der Waals surface area contributed by atoms with Gasteiger partial charge in [0.25, 0.3) is 5.91 Å². The molecule has 0 aliphatic rings. The van der Waals surface area contributed by atoms with Gasteiger partial charge in [-0.05, 0) is 35.8 Å². The standard InChI is InChI=1S/C12H18BrN3O/c1-9(2)16-8-10(13)7-11(16)12(17)15-6-4-3-5-14/h3-4,7-9H,5-6,14H2,1-2H3,(H,15,17)/b4-3+. The molecule has 0 aliphatic carbocycles. The fourth-order valence-corrected chi connectivity index (χ4v) is 1.91. The Morgan fingerprint density at radius 3 is 2.88 bits per heavy atom. The molecule has 0 aromatic carbocycles. The van der Waals surface area contributed by atoms with Crippen LogP contribution >= 0.6 is 15.9 Å². The zero-order valence-corrected chi connectivity index (χ0v) is 11.7. The maximum Gasteiger partial charge on any atom is 0.268 e. The summed E-state index contributed by atoms with van der Waals surface area (Å²) in [4.78, 5) is 11.9. The van der Waals surface area contributed by atoms with Gasteiger partial charge >= 0.3 is 0 Å². The molecule has 0 saturated carbocycles. The number of amides is 1. The number of nitrogens with one attached hydrogen (secondary N) is 1. The summed E-state index contributed by atoms with van der Waals surface area (Å²) in [5.74, 6) is -0.0777. The Balaban J connectivity index is 2.71. The molecule has 3 N–H and O–H groups in total. The van der Waals surface area contributed by atoms with Crippen molar-refractivity contribution >= 4 is 21.8 Å². The van der Waals surface area contributed by atoms with Crippen LogP contribution in [0.3, 0.4) is 0 Å². The second kappa shape index (κ2) is 6.61. The van der Waals surface area contributed by atoms with E-state index in [0.29, 0.717) is 18.8 Å². The fraction of sp³-hybridized carbons (Fsp3) is 0.417. The summed E-state index contributed by atoms with van der Waals surface area (Å²) in [5, 5.41) is 2.82. The lowest BCUT2D eigenvalue weighted by Gasteiger charge is -2.12. The molecule has 17 heavy (non-hydrogen) atoms. The molecule has 1 amide bonds. The van der Waals surface area contributed by atoms with Crippen molar-refractivity contribution in [2.75, 3.05) is 13.1 Å². The lowest BCUT2D eigenvalue weighted by atomic mass is 10.3. The average Bonchev–Trinajstić information content (AvgIpc) is 2.66. The number of hydrogen-bond acceptors (Lipinski definition) is 2. The zero-order valence-electron chi connectivity index (χ0n) is 10.1. The molecule has 0 unspecified atom stereocenters. The molecule has 94 valence electrons. The quantitative estimate of drug-likeness (QED) is 0.818. The van der Waals surface area contributed by atoms with E-state index in [9.17, 15) is 4.79 Å². The normalized spacial score (nSPS) is 11.4. The van der Waals surface area contributed by atoms with E-state index in [1.807, 2.05) is 42.8 Å². The second-order valence-corrected chi connectivity index (χ2v) is 4.88. The first-order valence-corrected chi connectivity index (χ1v) is 6.36. The maximum atomic E-state index is 11.9. The molecule has 0 spiro atoms. The van der Waals surface area contributed by atoms with Gasteiger partial charge in [-0.15, -0.1) is 0 Å². The van der Waals surface area contributed by atoms with Gasteiger partial charge in [0.15, 0.2) is 0 Å². The van der Waals surface area contributed by atoms with Gasteiger partial charge in [0.05, 0.1) is 0 Å². The van der Waals surface area contributed by atoms with Crippen molar-refractivity contribution in [1.82, 2.24) is 9.88 Å². The van der Waals surface area contributed by atoms with Crippen LogP contribution in [0.4, 0.5) is 0 Å². The molecule has 1 aromatic rings. The molecule has 1 aromatic heterocycles. The summed E-state index contributed by atoms with van der Waals surface area (Å²) in [6.45, 7) is 5.07. The molecule has 0 saturated heterocycles. The van der Waals surface area contributed by atoms with Gasteiger partial charge in [-0.2, -0.15) is 0 Å². The van der Waals surface area contributed by atoms with Gasteiger partial charge in [0, 0.05) is 29.8 Å². The number of rotatable bonds is 5. The van der Waals surface area contributed by atoms with E-state index < -0.39 is 0 Å². The minimum Gasteiger partial charge on any atom is -0.347 e. The summed E-state index contributed by atoms with van der Waals surface area (Å²) in [6, 6.07) is 2.07. The van der Waals surface area contributed by atoms with Gasteiger partial charge in [0.2, 0.25) is 0 Å². The lowest BCUT2D eigenvalue weighted by Crippen LogP contribution is -2.26. The fourth-order valence-electron chi connectivity index (χ4n) is 1.48. The third-order valence-electron chi connectivity index (χ3n) is 2.29. The van der Waals surface area contributed by atoms with Crippen molar-refractivity contribution in [3.8, 4) is 0 Å². The smallest absolute Gasteiger partial charge is 0.268 e. The zero-order chi connectivity index (χ0) is 12.8. The Bertz CT molecular complexity index is 410. The number of hydrogen-bond donors (Lipinski definition) is 2. The molecule has 0 radical (unpaired) electrons. The lowest BCUT2D eigenvalue weighted by molar-refractivity contribution is 0.0947. The second-order valence-electron chi connectivity index (χ2n) is 3.96. The summed E-state index contributed by atoms with van der Waals surface area (Å²) in [6.07, 6.45) is 5.57. The van der Waals surface area contributed by atoms with E-state index >= 15 is 0 Å².